The van der Waals surface area contributed by atoms with Crippen molar-refractivity contribution in [1.29, 1.82) is 0 Å². The number of hydrogen-bond donors (Lipinski definition) is 1. The minimum Gasteiger partial charge on any atom is -0.490 e. The molecule has 0 heterocycles. The molecule has 1 saturated carbocycles. The number of amides is 1. The van der Waals surface area contributed by atoms with E-state index in [1.54, 1.807) is 6.08 Å². The molecule has 3 heteroatoms. The molecular formula is C20H29NO2. The van der Waals surface area contributed by atoms with Crippen molar-refractivity contribution in [3.8, 4) is 5.75 Å². The van der Waals surface area contributed by atoms with Gasteiger partial charge >= 0.3 is 0 Å². The maximum absolute atomic E-state index is 12.3. The summed E-state index contributed by atoms with van der Waals surface area (Å²) in [6.07, 6.45) is 6.25. The SMILES string of the molecule is C=CCOc1ccc(C(=O)NC2CCC(C(C)(C)C)CC2)cc1. The third-order valence-electron chi connectivity index (χ3n) is 4.77. The first-order valence-electron chi connectivity index (χ1n) is 8.55. The van der Waals surface area contributed by atoms with Crippen molar-refractivity contribution >= 4 is 5.91 Å². The molecule has 0 bridgehead atoms. The molecule has 1 aliphatic rings. The van der Waals surface area contributed by atoms with Gasteiger partial charge in [-0.25, -0.2) is 0 Å². The second-order valence-electron chi connectivity index (χ2n) is 7.51. The van der Waals surface area contributed by atoms with Crippen molar-refractivity contribution in [2.45, 2.75) is 52.5 Å². The monoisotopic (exact) mass is 315 g/mol. The van der Waals surface area contributed by atoms with E-state index in [2.05, 4.69) is 32.7 Å². The summed E-state index contributed by atoms with van der Waals surface area (Å²) < 4.78 is 5.43. The van der Waals surface area contributed by atoms with E-state index >= 15 is 0 Å². The highest BCUT2D eigenvalue weighted by Crippen LogP contribution is 2.37. The molecule has 0 atom stereocenters. The van der Waals surface area contributed by atoms with Gasteiger partial charge in [0.05, 0.1) is 0 Å². The van der Waals surface area contributed by atoms with Crippen molar-refractivity contribution in [2.75, 3.05) is 6.61 Å². The average Bonchev–Trinajstić information content (AvgIpc) is 2.53. The molecular weight excluding hydrogens is 286 g/mol. The molecule has 1 amide bonds. The van der Waals surface area contributed by atoms with E-state index in [4.69, 9.17) is 4.74 Å². The Morgan fingerprint density at radius 3 is 2.35 bits per heavy atom. The zero-order valence-corrected chi connectivity index (χ0v) is 14.6. The lowest BCUT2D eigenvalue weighted by atomic mass is 9.71. The van der Waals surface area contributed by atoms with Crippen molar-refractivity contribution in [3.05, 3.63) is 42.5 Å². The van der Waals surface area contributed by atoms with Crippen LogP contribution in [0.4, 0.5) is 0 Å². The highest BCUT2D eigenvalue weighted by atomic mass is 16.5. The van der Waals surface area contributed by atoms with Crippen molar-refractivity contribution < 1.29 is 9.53 Å². The minimum absolute atomic E-state index is 0.0134. The molecule has 1 N–H and O–H groups in total. The molecule has 0 unspecified atom stereocenters. The van der Waals surface area contributed by atoms with Crippen LogP contribution in [0.1, 0.15) is 56.8 Å². The third-order valence-corrected chi connectivity index (χ3v) is 4.77. The number of benzene rings is 1. The van der Waals surface area contributed by atoms with E-state index in [-0.39, 0.29) is 5.91 Å². The first-order chi connectivity index (χ1) is 10.9. The van der Waals surface area contributed by atoms with Crippen LogP contribution >= 0.6 is 0 Å². The molecule has 3 nitrogen and oxygen atoms in total. The predicted octanol–water partition coefficient (Wildman–Crippen LogP) is 4.59. The van der Waals surface area contributed by atoms with E-state index in [0.717, 1.165) is 24.5 Å². The van der Waals surface area contributed by atoms with Gasteiger partial charge in [0.15, 0.2) is 0 Å². The largest absolute Gasteiger partial charge is 0.490 e. The number of rotatable bonds is 5. The fourth-order valence-electron chi connectivity index (χ4n) is 3.23. The van der Waals surface area contributed by atoms with Gasteiger partial charge in [-0.2, -0.15) is 0 Å². The van der Waals surface area contributed by atoms with E-state index in [1.165, 1.54) is 12.8 Å². The highest BCUT2D eigenvalue weighted by Gasteiger charge is 2.30. The maximum atomic E-state index is 12.3. The van der Waals surface area contributed by atoms with Crippen LogP contribution in [-0.4, -0.2) is 18.6 Å². The molecule has 0 saturated heterocycles. The predicted molar refractivity (Wildman–Crippen MR) is 94.8 cm³/mol. The Balaban J connectivity index is 1.84. The first kappa shape index (κ1) is 17.6. The van der Waals surface area contributed by atoms with E-state index in [1.807, 2.05) is 24.3 Å². The van der Waals surface area contributed by atoms with Crippen molar-refractivity contribution in [1.82, 2.24) is 5.32 Å². The van der Waals surface area contributed by atoms with Crippen LogP contribution in [0.3, 0.4) is 0 Å². The second kappa shape index (κ2) is 7.67. The lowest BCUT2D eigenvalue weighted by molar-refractivity contribution is 0.0904. The van der Waals surface area contributed by atoms with Crippen LogP contribution in [0, 0.1) is 11.3 Å². The van der Waals surface area contributed by atoms with Gasteiger partial charge in [0.2, 0.25) is 0 Å². The Labute approximate surface area is 140 Å². The van der Waals surface area contributed by atoms with E-state index < -0.39 is 0 Å². The molecule has 0 radical (unpaired) electrons. The summed E-state index contributed by atoms with van der Waals surface area (Å²) in [6, 6.07) is 7.59. The number of ether oxygens (including phenoxy) is 1. The molecule has 0 aliphatic heterocycles. The lowest BCUT2D eigenvalue weighted by Crippen LogP contribution is -2.39. The van der Waals surface area contributed by atoms with Gasteiger partial charge in [0.1, 0.15) is 12.4 Å². The Kier molecular flexibility index (Phi) is 5.86. The fraction of sp³-hybridized carbons (Fsp3) is 0.550. The number of nitrogens with one attached hydrogen (secondary N) is 1. The summed E-state index contributed by atoms with van der Waals surface area (Å²) in [5.74, 6) is 1.53. The molecule has 1 aliphatic carbocycles. The Bertz CT molecular complexity index is 520. The lowest BCUT2D eigenvalue weighted by Gasteiger charge is -2.37. The Morgan fingerprint density at radius 1 is 1.22 bits per heavy atom. The van der Waals surface area contributed by atoms with Crippen LogP contribution in [0.25, 0.3) is 0 Å². The number of carbonyl (C=O) groups is 1. The summed E-state index contributed by atoms with van der Waals surface area (Å²) in [5.41, 5.74) is 1.06. The first-order valence-corrected chi connectivity index (χ1v) is 8.55. The van der Waals surface area contributed by atoms with Crippen LogP contribution in [0.15, 0.2) is 36.9 Å². The van der Waals surface area contributed by atoms with Crippen LogP contribution < -0.4 is 10.1 Å². The van der Waals surface area contributed by atoms with Gasteiger partial charge in [-0.05, 0) is 61.3 Å². The van der Waals surface area contributed by atoms with Gasteiger partial charge in [0, 0.05) is 11.6 Å². The van der Waals surface area contributed by atoms with E-state index in [0.29, 0.717) is 23.6 Å². The second-order valence-corrected chi connectivity index (χ2v) is 7.51. The summed E-state index contributed by atoms with van der Waals surface area (Å²) in [6.45, 7) is 11.0. The zero-order chi connectivity index (χ0) is 16.9. The van der Waals surface area contributed by atoms with Crippen LogP contribution in [-0.2, 0) is 0 Å². The summed E-state index contributed by atoms with van der Waals surface area (Å²) >= 11 is 0. The summed E-state index contributed by atoms with van der Waals surface area (Å²) in [5, 5.41) is 3.17. The van der Waals surface area contributed by atoms with Gasteiger partial charge in [-0.15, -0.1) is 0 Å². The normalized spacial score (nSPS) is 21.5. The van der Waals surface area contributed by atoms with E-state index in [9.17, 15) is 4.79 Å². The van der Waals surface area contributed by atoms with Crippen molar-refractivity contribution in [2.24, 2.45) is 11.3 Å². The standard InChI is InChI=1S/C20H29NO2/c1-5-14-23-18-12-6-15(7-13-18)19(22)21-17-10-8-16(9-11-17)20(2,3)4/h5-7,12-13,16-17H,1,8-11,14H2,2-4H3,(H,21,22). The van der Waals surface area contributed by atoms with Gasteiger partial charge in [-0.3, -0.25) is 4.79 Å². The van der Waals surface area contributed by atoms with Crippen molar-refractivity contribution in [3.63, 3.8) is 0 Å². The Morgan fingerprint density at radius 2 is 1.83 bits per heavy atom. The van der Waals surface area contributed by atoms with Gasteiger partial charge in [0.25, 0.3) is 5.91 Å². The number of carbonyl (C=O) groups excluding carboxylic acids is 1. The maximum Gasteiger partial charge on any atom is 0.251 e. The smallest absolute Gasteiger partial charge is 0.251 e. The average molecular weight is 315 g/mol. The topological polar surface area (TPSA) is 38.3 Å². The van der Waals surface area contributed by atoms with Gasteiger partial charge in [-0.1, -0.05) is 33.4 Å². The molecule has 1 aromatic rings. The highest BCUT2D eigenvalue weighted by molar-refractivity contribution is 5.94. The fourth-order valence-corrected chi connectivity index (χ4v) is 3.23. The minimum atomic E-state index is 0.0134. The number of hydrogen-bond acceptors (Lipinski definition) is 2. The van der Waals surface area contributed by atoms with Gasteiger partial charge < -0.3 is 10.1 Å². The molecule has 1 aromatic carbocycles. The molecule has 23 heavy (non-hydrogen) atoms. The molecule has 1 fully saturated rings. The summed E-state index contributed by atoms with van der Waals surface area (Å²) in [4.78, 5) is 12.3. The molecule has 126 valence electrons. The molecule has 2 rings (SSSR count). The molecule has 0 spiro atoms. The zero-order valence-electron chi connectivity index (χ0n) is 14.6. The summed E-state index contributed by atoms with van der Waals surface area (Å²) in [7, 11) is 0. The quantitative estimate of drug-likeness (QED) is 0.807. The van der Waals surface area contributed by atoms with Crippen LogP contribution in [0.2, 0.25) is 0 Å². The van der Waals surface area contributed by atoms with Crippen LogP contribution in [0.5, 0.6) is 5.75 Å². The third kappa shape index (κ3) is 5.12. The Hall–Kier alpha value is -1.77. The molecule has 0 aromatic heterocycles.